The molecule has 1 aromatic heterocycles. The van der Waals surface area contributed by atoms with Gasteiger partial charge in [-0.1, -0.05) is 35.9 Å². The Morgan fingerprint density at radius 2 is 1.66 bits per heavy atom. The van der Waals surface area contributed by atoms with Crippen LogP contribution in [0.3, 0.4) is 0 Å². The monoisotopic (exact) mass is 473 g/mol. The number of anilines is 1. The third-order valence-electron chi connectivity index (χ3n) is 7.05. The Morgan fingerprint density at radius 1 is 0.943 bits per heavy atom. The third-order valence-corrected chi connectivity index (χ3v) is 7.05. The Balaban J connectivity index is 1.51. The maximum Gasteiger partial charge on any atom is 0.259 e. The van der Waals surface area contributed by atoms with Gasteiger partial charge in [0.25, 0.3) is 5.91 Å². The molecule has 1 amide bonds. The summed E-state index contributed by atoms with van der Waals surface area (Å²) in [6, 6.07) is 16.0. The van der Waals surface area contributed by atoms with Crippen LogP contribution in [0, 0.1) is 27.7 Å². The van der Waals surface area contributed by atoms with Gasteiger partial charge < -0.3 is 19.1 Å². The van der Waals surface area contributed by atoms with E-state index in [2.05, 4.69) is 41.5 Å². The van der Waals surface area contributed by atoms with Crippen molar-refractivity contribution in [1.29, 1.82) is 0 Å². The van der Waals surface area contributed by atoms with Crippen molar-refractivity contribution in [3.05, 3.63) is 92.4 Å². The minimum Gasteiger partial charge on any atom is -0.496 e. The van der Waals surface area contributed by atoms with Crippen LogP contribution in [0.15, 0.2) is 53.3 Å². The molecule has 0 radical (unpaired) electrons. The first-order valence-electron chi connectivity index (χ1n) is 12.2. The molecular weight excluding hydrogens is 438 g/mol. The molecule has 1 aliphatic heterocycles. The number of carbonyl (C=O) groups is 1. The fourth-order valence-electron chi connectivity index (χ4n) is 5.13. The number of pyridine rings is 1. The molecule has 1 aliphatic rings. The van der Waals surface area contributed by atoms with Gasteiger partial charge in [0, 0.05) is 55.9 Å². The Kier molecular flexibility index (Phi) is 7.29. The summed E-state index contributed by atoms with van der Waals surface area (Å²) in [5, 5.41) is 0. The summed E-state index contributed by atoms with van der Waals surface area (Å²) < 4.78 is 7.56. The Bertz CT molecular complexity index is 1290. The van der Waals surface area contributed by atoms with Crippen LogP contribution in [0.25, 0.3) is 0 Å². The average molecular weight is 474 g/mol. The molecule has 35 heavy (non-hydrogen) atoms. The molecule has 2 aromatic carbocycles. The summed E-state index contributed by atoms with van der Waals surface area (Å²) >= 11 is 0. The average Bonchev–Trinajstić information content (AvgIpc) is 2.84. The fraction of sp³-hybridized carbons (Fsp3) is 0.379. The van der Waals surface area contributed by atoms with Crippen LogP contribution in [0.5, 0.6) is 5.75 Å². The molecule has 0 atom stereocenters. The smallest absolute Gasteiger partial charge is 0.259 e. The lowest BCUT2D eigenvalue weighted by molar-refractivity contribution is 0.0743. The summed E-state index contributed by atoms with van der Waals surface area (Å²) in [5.74, 6) is 0.681. The first kappa shape index (κ1) is 24.6. The van der Waals surface area contributed by atoms with Crippen molar-refractivity contribution in [2.24, 2.45) is 0 Å². The third kappa shape index (κ3) is 5.11. The van der Waals surface area contributed by atoms with Crippen LogP contribution in [0.2, 0.25) is 0 Å². The molecule has 1 saturated heterocycles. The molecule has 0 aliphatic carbocycles. The lowest BCUT2D eigenvalue weighted by atomic mass is 10.1. The Labute approximate surface area is 207 Å². The van der Waals surface area contributed by atoms with Crippen LogP contribution in [0.1, 0.15) is 38.4 Å². The van der Waals surface area contributed by atoms with E-state index in [1.807, 2.05) is 43.0 Å². The summed E-state index contributed by atoms with van der Waals surface area (Å²) in [4.78, 5) is 30.6. The van der Waals surface area contributed by atoms with Crippen LogP contribution in [0.4, 0.5) is 5.69 Å². The highest BCUT2D eigenvalue weighted by Gasteiger charge is 2.27. The first-order chi connectivity index (χ1) is 16.8. The van der Waals surface area contributed by atoms with Gasteiger partial charge in [-0.2, -0.15) is 0 Å². The number of carbonyl (C=O) groups excluding carboxylic acids is 1. The van der Waals surface area contributed by atoms with E-state index < -0.39 is 0 Å². The van der Waals surface area contributed by atoms with Gasteiger partial charge in [-0.15, -0.1) is 0 Å². The fourth-order valence-corrected chi connectivity index (χ4v) is 5.13. The number of amides is 1. The maximum atomic E-state index is 13.5. The van der Waals surface area contributed by atoms with Crippen LogP contribution < -0.4 is 15.1 Å². The van der Waals surface area contributed by atoms with Crippen molar-refractivity contribution >= 4 is 11.6 Å². The second kappa shape index (κ2) is 10.4. The van der Waals surface area contributed by atoms with E-state index in [0.29, 0.717) is 19.6 Å². The zero-order valence-electron chi connectivity index (χ0n) is 21.4. The summed E-state index contributed by atoms with van der Waals surface area (Å²) in [7, 11) is 1.67. The molecule has 6 nitrogen and oxygen atoms in total. The number of para-hydroxylation sites is 1. The number of methoxy groups -OCH3 is 1. The van der Waals surface area contributed by atoms with Crippen molar-refractivity contribution < 1.29 is 9.53 Å². The number of benzene rings is 2. The van der Waals surface area contributed by atoms with Gasteiger partial charge in [0.1, 0.15) is 11.3 Å². The lowest BCUT2D eigenvalue weighted by Gasteiger charge is -2.37. The van der Waals surface area contributed by atoms with E-state index in [0.717, 1.165) is 42.2 Å². The van der Waals surface area contributed by atoms with E-state index in [9.17, 15) is 9.59 Å². The number of aromatic nitrogens is 1. The topological polar surface area (TPSA) is 54.8 Å². The second-order valence-electron chi connectivity index (χ2n) is 9.39. The van der Waals surface area contributed by atoms with Gasteiger partial charge in [-0.3, -0.25) is 9.59 Å². The number of ether oxygens (including phenoxy) is 1. The van der Waals surface area contributed by atoms with Gasteiger partial charge in [-0.25, -0.2) is 0 Å². The number of hydrogen-bond acceptors (Lipinski definition) is 4. The zero-order valence-corrected chi connectivity index (χ0v) is 21.4. The SMILES string of the molecule is COc1ccccc1CCn1c(C)cc(=O)c(C(=O)N2CCN(c3ccc(C)cc3C)CC2)c1C. The van der Waals surface area contributed by atoms with E-state index in [-0.39, 0.29) is 16.9 Å². The summed E-state index contributed by atoms with van der Waals surface area (Å²) in [6.07, 6.45) is 0.747. The Hall–Kier alpha value is -3.54. The van der Waals surface area contributed by atoms with Crippen LogP contribution >= 0.6 is 0 Å². The van der Waals surface area contributed by atoms with Gasteiger partial charge in [0.15, 0.2) is 5.43 Å². The lowest BCUT2D eigenvalue weighted by Crippen LogP contribution is -2.50. The molecule has 1 fully saturated rings. The number of nitrogens with zero attached hydrogens (tertiary/aromatic N) is 3. The molecule has 0 saturated carbocycles. The number of aryl methyl sites for hydroxylation is 4. The van der Waals surface area contributed by atoms with E-state index in [1.54, 1.807) is 13.2 Å². The quantitative estimate of drug-likeness (QED) is 0.536. The van der Waals surface area contributed by atoms with Crippen molar-refractivity contribution in [2.45, 2.75) is 40.7 Å². The molecular formula is C29H35N3O3. The van der Waals surface area contributed by atoms with Gasteiger partial charge >= 0.3 is 0 Å². The number of piperazine rings is 1. The van der Waals surface area contributed by atoms with Crippen molar-refractivity contribution in [3.8, 4) is 5.75 Å². The predicted octanol–water partition coefficient (Wildman–Crippen LogP) is 4.30. The normalized spacial score (nSPS) is 13.7. The minimum absolute atomic E-state index is 0.168. The summed E-state index contributed by atoms with van der Waals surface area (Å²) in [5.41, 5.74) is 6.49. The molecule has 184 valence electrons. The molecule has 0 spiro atoms. The molecule has 4 rings (SSSR count). The molecule has 0 unspecified atom stereocenters. The number of hydrogen-bond donors (Lipinski definition) is 0. The maximum absolute atomic E-state index is 13.5. The summed E-state index contributed by atoms with van der Waals surface area (Å²) in [6.45, 7) is 11.4. The van der Waals surface area contributed by atoms with Crippen LogP contribution in [-0.2, 0) is 13.0 Å². The van der Waals surface area contributed by atoms with Crippen molar-refractivity contribution in [2.75, 3.05) is 38.2 Å². The largest absolute Gasteiger partial charge is 0.496 e. The highest BCUT2D eigenvalue weighted by Crippen LogP contribution is 2.23. The van der Waals surface area contributed by atoms with Crippen molar-refractivity contribution in [1.82, 2.24) is 9.47 Å². The zero-order chi connectivity index (χ0) is 25.1. The van der Waals surface area contributed by atoms with Gasteiger partial charge in [0.05, 0.1) is 7.11 Å². The van der Waals surface area contributed by atoms with E-state index >= 15 is 0 Å². The molecule has 2 heterocycles. The van der Waals surface area contributed by atoms with Gasteiger partial charge in [-0.05, 0) is 57.4 Å². The first-order valence-corrected chi connectivity index (χ1v) is 12.2. The Morgan fingerprint density at radius 3 is 2.34 bits per heavy atom. The highest BCUT2D eigenvalue weighted by atomic mass is 16.5. The number of rotatable bonds is 6. The van der Waals surface area contributed by atoms with Crippen molar-refractivity contribution in [3.63, 3.8) is 0 Å². The molecule has 6 heteroatoms. The standard InChI is InChI=1S/C29H35N3O3/c1-20-10-11-25(21(2)18-20)30-14-16-31(17-15-30)29(34)28-23(4)32(22(3)19-26(28)33)13-12-24-8-6-7-9-27(24)35-5/h6-11,18-19H,12-17H2,1-5H3. The van der Waals surface area contributed by atoms with E-state index in [1.165, 1.54) is 16.8 Å². The minimum atomic E-state index is -0.199. The van der Waals surface area contributed by atoms with E-state index in [4.69, 9.17) is 4.74 Å². The molecule has 3 aromatic rings. The predicted molar refractivity (Wildman–Crippen MR) is 141 cm³/mol. The van der Waals surface area contributed by atoms with Gasteiger partial charge in [0.2, 0.25) is 0 Å². The molecule has 0 N–H and O–H groups in total. The molecule has 0 bridgehead atoms. The van der Waals surface area contributed by atoms with Crippen LogP contribution in [-0.4, -0.2) is 48.7 Å². The second-order valence-corrected chi connectivity index (χ2v) is 9.39. The highest BCUT2D eigenvalue weighted by molar-refractivity contribution is 5.95.